The molecule has 6 nitrogen and oxygen atoms in total. The smallest absolute Gasteiger partial charge is 0.307 e. The third-order valence-electron chi connectivity index (χ3n) is 4.55. The van der Waals surface area contributed by atoms with Gasteiger partial charge in [-0.05, 0) is 18.8 Å². The predicted molar refractivity (Wildman–Crippen MR) is 75.2 cm³/mol. The zero-order valence-corrected chi connectivity index (χ0v) is 11.7. The molecule has 2 aliphatic rings. The lowest BCUT2D eigenvalue weighted by atomic mass is 9.71. The van der Waals surface area contributed by atoms with Crippen LogP contribution in [0.15, 0.2) is 24.8 Å². The molecule has 1 amide bonds. The van der Waals surface area contributed by atoms with Crippen molar-refractivity contribution in [1.29, 1.82) is 0 Å². The lowest BCUT2D eigenvalue weighted by Crippen LogP contribution is -2.46. The Kier molecular flexibility index (Phi) is 4.49. The first-order valence-corrected chi connectivity index (χ1v) is 7.05. The summed E-state index contributed by atoms with van der Waals surface area (Å²) in [6, 6.07) is 0. The van der Waals surface area contributed by atoms with E-state index in [0.29, 0.717) is 12.8 Å². The zero-order chi connectivity index (χ0) is 15.6. The average Bonchev–Trinajstić information content (AvgIpc) is 2.99. The summed E-state index contributed by atoms with van der Waals surface area (Å²) in [5.41, 5.74) is -0.496. The van der Waals surface area contributed by atoms with Gasteiger partial charge in [0, 0.05) is 12.0 Å². The second-order valence-corrected chi connectivity index (χ2v) is 5.88. The van der Waals surface area contributed by atoms with Crippen LogP contribution in [0.2, 0.25) is 0 Å². The van der Waals surface area contributed by atoms with E-state index in [2.05, 4.69) is 11.9 Å². The predicted octanol–water partition coefficient (Wildman–Crippen LogP) is -0.0750. The topological polar surface area (TPSA) is 107 Å². The fourth-order valence-electron chi connectivity index (χ4n) is 3.66. The first kappa shape index (κ1) is 15.7. The molecule has 0 radical (unpaired) electrons. The van der Waals surface area contributed by atoms with E-state index < -0.39 is 35.9 Å². The van der Waals surface area contributed by atoms with Gasteiger partial charge in [0.2, 0.25) is 5.91 Å². The Labute approximate surface area is 123 Å². The minimum atomic E-state index is -1.04. The number of amides is 1. The molecule has 116 valence electrons. The van der Waals surface area contributed by atoms with Gasteiger partial charge >= 0.3 is 5.97 Å². The Morgan fingerprint density at radius 2 is 2.24 bits per heavy atom. The lowest BCUT2D eigenvalue weighted by molar-refractivity contribution is -0.149. The van der Waals surface area contributed by atoms with Gasteiger partial charge in [-0.1, -0.05) is 18.2 Å². The maximum atomic E-state index is 12.4. The van der Waals surface area contributed by atoms with Crippen molar-refractivity contribution in [1.82, 2.24) is 5.32 Å². The molecule has 2 aliphatic carbocycles. The van der Waals surface area contributed by atoms with E-state index in [1.165, 1.54) is 0 Å². The van der Waals surface area contributed by atoms with Gasteiger partial charge in [-0.25, -0.2) is 0 Å². The summed E-state index contributed by atoms with van der Waals surface area (Å²) in [6.45, 7) is 3.16. The van der Waals surface area contributed by atoms with Gasteiger partial charge < -0.3 is 20.6 Å². The number of carboxylic acids is 1. The number of aliphatic carboxylic acids is 1. The number of carbonyl (C=O) groups excluding carboxylic acids is 1. The van der Waals surface area contributed by atoms with E-state index in [9.17, 15) is 19.8 Å². The van der Waals surface area contributed by atoms with Crippen LogP contribution in [0.1, 0.15) is 12.8 Å². The molecule has 0 heterocycles. The third-order valence-corrected chi connectivity index (χ3v) is 4.55. The Hall–Kier alpha value is -1.66. The molecule has 5 atom stereocenters. The fraction of sp³-hybridized carbons (Fsp3) is 0.600. The van der Waals surface area contributed by atoms with Gasteiger partial charge in [-0.3, -0.25) is 9.59 Å². The minimum absolute atomic E-state index is 0.0866. The van der Waals surface area contributed by atoms with Crippen LogP contribution in [-0.4, -0.2) is 46.5 Å². The highest BCUT2D eigenvalue weighted by Gasteiger charge is 2.59. The summed E-state index contributed by atoms with van der Waals surface area (Å²) in [5, 5.41) is 30.1. The Bertz CT molecular complexity index is 475. The number of carboxylic acid groups (broad SMARTS) is 1. The number of aliphatic hydroxyl groups excluding tert-OH is 2. The van der Waals surface area contributed by atoms with Crippen molar-refractivity contribution in [2.75, 3.05) is 13.2 Å². The number of hydrogen-bond donors (Lipinski definition) is 4. The first-order chi connectivity index (χ1) is 9.95. The maximum absolute atomic E-state index is 12.4. The fourth-order valence-corrected chi connectivity index (χ4v) is 3.66. The number of allylic oxidation sites excluding steroid dienone is 3. The molecule has 2 bridgehead atoms. The SMILES string of the molecule is C=CCC12C=CC(C1)C(C(=O)O)C2C(=O)NCC(O)CO. The van der Waals surface area contributed by atoms with Crippen molar-refractivity contribution in [2.45, 2.75) is 18.9 Å². The van der Waals surface area contributed by atoms with Crippen LogP contribution in [0.4, 0.5) is 0 Å². The molecule has 5 unspecified atom stereocenters. The van der Waals surface area contributed by atoms with Crippen molar-refractivity contribution >= 4 is 11.9 Å². The Morgan fingerprint density at radius 1 is 1.52 bits per heavy atom. The highest BCUT2D eigenvalue weighted by atomic mass is 16.4. The van der Waals surface area contributed by atoms with E-state index in [4.69, 9.17) is 5.11 Å². The van der Waals surface area contributed by atoms with Gasteiger partial charge in [-0.15, -0.1) is 6.58 Å². The monoisotopic (exact) mass is 295 g/mol. The highest BCUT2D eigenvalue weighted by molar-refractivity contribution is 5.87. The highest BCUT2D eigenvalue weighted by Crippen LogP contribution is 2.58. The molecule has 1 fully saturated rings. The van der Waals surface area contributed by atoms with Crippen LogP contribution in [0, 0.1) is 23.2 Å². The molecular formula is C15H21NO5. The molecular weight excluding hydrogens is 274 g/mol. The molecule has 21 heavy (non-hydrogen) atoms. The van der Waals surface area contributed by atoms with E-state index in [0.717, 1.165) is 0 Å². The lowest BCUT2D eigenvalue weighted by Gasteiger charge is -2.33. The van der Waals surface area contributed by atoms with E-state index >= 15 is 0 Å². The summed E-state index contributed by atoms with van der Waals surface area (Å²) in [6.07, 6.45) is 5.67. The van der Waals surface area contributed by atoms with Crippen molar-refractivity contribution < 1.29 is 24.9 Å². The summed E-state index contributed by atoms with van der Waals surface area (Å²) in [5.74, 6) is -2.92. The number of nitrogens with one attached hydrogen (secondary N) is 1. The molecule has 0 saturated heterocycles. The molecule has 4 N–H and O–H groups in total. The number of aliphatic hydroxyl groups is 2. The van der Waals surface area contributed by atoms with Gasteiger partial charge in [-0.2, -0.15) is 0 Å². The number of hydrogen-bond acceptors (Lipinski definition) is 4. The molecule has 0 aromatic rings. The van der Waals surface area contributed by atoms with Crippen LogP contribution in [-0.2, 0) is 9.59 Å². The molecule has 0 aromatic carbocycles. The number of rotatable bonds is 7. The molecule has 1 saturated carbocycles. The molecule has 0 spiro atoms. The molecule has 0 aliphatic heterocycles. The van der Waals surface area contributed by atoms with Gasteiger partial charge in [0.15, 0.2) is 0 Å². The summed E-state index contributed by atoms with van der Waals surface area (Å²) >= 11 is 0. The van der Waals surface area contributed by atoms with Crippen molar-refractivity contribution in [3.05, 3.63) is 24.8 Å². The zero-order valence-electron chi connectivity index (χ0n) is 11.7. The average molecular weight is 295 g/mol. The Balaban J connectivity index is 2.20. The quantitative estimate of drug-likeness (QED) is 0.492. The first-order valence-electron chi connectivity index (χ1n) is 7.05. The summed E-state index contributed by atoms with van der Waals surface area (Å²) < 4.78 is 0. The van der Waals surface area contributed by atoms with E-state index in [-0.39, 0.29) is 18.4 Å². The summed E-state index contributed by atoms with van der Waals surface area (Å²) in [7, 11) is 0. The van der Waals surface area contributed by atoms with Crippen LogP contribution in [0.25, 0.3) is 0 Å². The summed E-state index contributed by atoms with van der Waals surface area (Å²) in [4.78, 5) is 23.9. The molecule has 2 rings (SSSR count). The van der Waals surface area contributed by atoms with Gasteiger partial charge in [0.05, 0.1) is 24.5 Å². The standard InChI is InChI=1S/C15H21NO5/c1-2-4-15-5-3-9(6-15)11(14(20)21)12(15)13(19)16-7-10(18)8-17/h2-3,5,9-12,17-18H,1,4,6-8H2,(H,16,19)(H,20,21). The third kappa shape index (κ3) is 2.73. The molecule has 0 aromatic heterocycles. The van der Waals surface area contributed by atoms with Gasteiger partial charge in [0.1, 0.15) is 0 Å². The van der Waals surface area contributed by atoms with Crippen LogP contribution in [0.3, 0.4) is 0 Å². The van der Waals surface area contributed by atoms with Crippen LogP contribution < -0.4 is 5.32 Å². The van der Waals surface area contributed by atoms with Gasteiger partial charge in [0.25, 0.3) is 0 Å². The second kappa shape index (κ2) is 5.99. The molecule has 6 heteroatoms. The number of carbonyl (C=O) groups is 2. The number of fused-ring (bicyclic) bond motifs is 2. The second-order valence-electron chi connectivity index (χ2n) is 5.88. The van der Waals surface area contributed by atoms with Crippen molar-refractivity contribution in [3.8, 4) is 0 Å². The van der Waals surface area contributed by atoms with Crippen LogP contribution in [0.5, 0.6) is 0 Å². The largest absolute Gasteiger partial charge is 0.481 e. The van der Waals surface area contributed by atoms with Crippen molar-refractivity contribution in [2.24, 2.45) is 23.2 Å². The van der Waals surface area contributed by atoms with E-state index in [1.54, 1.807) is 6.08 Å². The normalized spacial score (nSPS) is 34.7. The van der Waals surface area contributed by atoms with Crippen LogP contribution >= 0.6 is 0 Å². The maximum Gasteiger partial charge on any atom is 0.307 e. The van der Waals surface area contributed by atoms with E-state index in [1.807, 2.05) is 12.2 Å². The van der Waals surface area contributed by atoms with Crippen molar-refractivity contribution in [3.63, 3.8) is 0 Å². The minimum Gasteiger partial charge on any atom is -0.481 e. The Morgan fingerprint density at radius 3 is 2.81 bits per heavy atom.